The van der Waals surface area contributed by atoms with Gasteiger partial charge < -0.3 is 5.32 Å². The molecule has 0 saturated heterocycles. The van der Waals surface area contributed by atoms with Gasteiger partial charge in [0.25, 0.3) is 0 Å². The number of halogens is 3. The van der Waals surface area contributed by atoms with Crippen LogP contribution in [0.4, 0.5) is 28.6 Å². The normalized spacial score (nSPS) is 18.0. The van der Waals surface area contributed by atoms with Crippen molar-refractivity contribution < 1.29 is 27.6 Å². The van der Waals surface area contributed by atoms with E-state index in [1.165, 1.54) is 24.9 Å². The first-order valence-corrected chi connectivity index (χ1v) is 11.6. The fraction of sp³-hybridized carbons (Fsp3) is 0.261. The standard InChI is InChI=1S/C23H18F3N5O3S/c1-28-21(33)31-20(14-4-3-12(11-27)9-17(14)35-2)19-15(5-6-16(19)32)30(22(31)34)18-10-13(7-8-29-18)23(24,25)26/h3-4,7-10,20H,5-6H2,1-2H3,(H,28,33). The predicted molar refractivity (Wildman–Crippen MR) is 120 cm³/mol. The number of nitriles is 1. The number of nitrogens with one attached hydrogen (secondary N) is 1. The third-order valence-corrected chi connectivity index (χ3v) is 6.58. The number of urea groups is 2. The fourth-order valence-electron chi connectivity index (χ4n) is 4.25. The number of imide groups is 1. The van der Waals surface area contributed by atoms with Crippen LogP contribution in [0.3, 0.4) is 0 Å². The van der Waals surface area contributed by atoms with Crippen molar-refractivity contribution in [3.8, 4) is 6.07 Å². The topological polar surface area (TPSA) is 106 Å². The second-order valence-electron chi connectivity index (χ2n) is 7.70. The Morgan fingerprint density at radius 1 is 1.23 bits per heavy atom. The molecule has 0 bridgehead atoms. The number of alkyl halides is 3. The van der Waals surface area contributed by atoms with Gasteiger partial charge in [-0.05, 0) is 42.5 Å². The second kappa shape index (κ2) is 9.07. The number of allylic oxidation sites excluding steroid dienone is 1. The minimum absolute atomic E-state index is 0.0242. The van der Waals surface area contributed by atoms with E-state index in [4.69, 9.17) is 0 Å². The summed E-state index contributed by atoms with van der Waals surface area (Å²) in [6.07, 6.45) is -1.89. The molecule has 1 unspecified atom stereocenters. The van der Waals surface area contributed by atoms with Gasteiger partial charge in [-0.25, -0.2) is 24.4 Å². The molecule has 2 aromatic rings. The van der Waals surface area contributed by atoms with Gasteiger partial charge in [0.1, 0.15) is 5.82 Å². The quantitative estimate of drug-likeness (QED) is 0.615. The molecule has 1 aliphatic heterocycles. The lowest BCUT2D eigenvalue weighted by atomic mass is 9.92. The van der Waals surface area contributed by atoms with Crippen LogP contribution in [0.5, 0.6) is 0 Å². The minimum atomic E-state index is -4.68. The summed E-state index contributed by atoms with van der Waals surface area (Å²) in [6, 6.07) is 5.28. The Kier molecular flexibility index (Phi) is 6.29. The number of hydrogen-bond donors (Lipinski definition) is 1. The molecule has 4 amide bonds. The van der Waals surface area contributed by atoms with E-state index in [-0.39, 0.29) is 35.7 Å². The van der Waals surface area contributed by atoms with Crippen LogP contribution >= 0.6 is 11.8 Å². The first kappa shape index (κ1) is 24.3. The first-order chi connectivity index (χ1) is 16.6. The monoisotopic (exact) mass is 501 g/mol. The average Bonchev–Trinajstić information content (AvgIpc) is 3.22. The van der Waals surface area contributed by atoms with Gasteiger partial charge in [-0.3, -0.25) is 4.79 Å². The molecule has 2 heterocycles. The Morgan fingerprint density at radius 2 is 1.97 bits per heavy atom. The third-order valence-electron chi connectivity index (χ3n) is 5.79. The van der Waals surface area contributed by atoms with Crippen molar-refractivity contribution in [2.45, 2.75) is 30.0 Å². The van der Waals surface area contributed by atoms with Crippen molar-refractivity contribution in [1.82, 2.24) is 15.2 Å². The van der Waals surface area contributed by atoms with Crippen LogP contribution in [0.15, 0.2) is 52.7 Å². The lowest BCUT2D eigenvalue weighted by Gasteiger charge is -2.40. The van der Waals surface area contributed by atoms with E-state index < -0.39 is 29.8 Å². The fourth-order valence-corrected chi connectivity index (χ4v) is 4.91. The Bertz CT molecular complexity index is 1320. The number of benzene rings is 1. The van der Waals surface area contributed by atoms with Gasteiger partial charge in [-0.15, -0.1) is 11.8 Å². The maximum atomic E-state index is 13.7. The number of carbonyl (C=O) groups excluding carboxylic acids is 3. The highest BCUT2D eigenvalue weighted by molar-refractivity contribution is 7.98. The number of ketones is 1. The van der Waals surface area contributed by atoms with E-state index in [2.05, 4.69) is 10.3 Å². The maximum absolute atomic E-state index is 13.7. The number of pyridine rings is 1. The predicted octanol–water partition coefficient (Wildman–Crippen LogP) is 4.63. The number of aromatic nitrogens is 1. The second-order valence-corrected chi connectivity index (χ2v) is 8.55. The molecule has 0 saturated carbocycles. The van der Waals surface area contributed by atoms with Gasteiger partial charge in [0.15, 0.2) is 5.78 Å². The van der Waals surface area contributed by atoms with Crippen LogP contribution in [-0.2, 0) is 11.0 Å². The van der Waals surface area contributed by atoms with Crippen molar-refractivity contribution in [3.05, 3.63) is 64.5 Å². The number of nitrogens with zero attached hydrogens (tertiary/aromatic N) is 4. The third kappa shape index (κ3) is 4.12. The van der Waals surface area contributed by atoms with Crippen LogP contribution in [0.2, 0.25) is 0 Å². The van der Waals surface area contributed by atoms with E-state index >= 15 is 0 Å². The SMILES string of the molecule is CNC(=O)N1C(=O)N(c2cc(C(F)(F)F)ccn2)C2=C(C(=O)CC2)C1c1ccc(C#N)cc1SC. The molecular formula is C23H18F3N5O3S. The number of rotatable bonds is 3. The zero-order chi connectivity index (χ0) is 25.5. The zero-order valence-electron chi connectivity index (χ0n) is 18.5. The Morgan fingerprint density at radius 3 is 2.60 bits per heavy atom. The summed E-state index contributed by atoms with van der Waals surface area (Å²) in [4.78, 5) is 46.0. The molecule has 1 aromatic heterocycles. The largest absolute Gasteiger partial charge is 0.416 e. The first-order valence-electron chi connectivity index (χ1n) is 10.3. The van der Waals surface area contributed by atoms with Crippen molar-refractivity contribution in [3.63, 3.8) is 0 Å². The molecule has 180 valence electrons. The minimum Gasteiger partial charge on any atom is -0.341 e. The smallest absolute Gasteiger partial charge is 0.341 e. The molecule has 1 N–H and O–H groups in total. The number of hydrogen-bond acceptors (Lipinski definition) is 6. The zero-order valence-corrected chi connectivity index (χ0v) is 19.3. The van der Waals surface area contributed by atoms with Crippen LogP contribution in [-0.4, -0.2) is 41.0 Å². The molecule has 1 aromatic carbocycles. The van der Waals surface area contributed by atoms with Crippen molar-refractivity contribution in [2.75, 3.05) is 18.2 Å². The molecule has 8 nitrogen and oxygen atoms in total. The highest BCUT2D eigenvalue weighted by Crippen LogP contribution is 2.47. The Balaban J connectivity index is 1.98. The molecule has 0 fully saturated rings. The molecule has 1 atom stereocenters. The summed E-state index contributed by atoms with van der Waals surface area (Å²) in [7, 11) is 1.30. The van der Waals surface area contributed by atoms with Gasteiger partial charge in [0.2, 0.25) is 0 Å². The Hall–Kier alpha value is -3.85. The number of amides is 4. The van der Waals surface area contributed by atoms with Crippen molar-refractivity contribution >= 4 is 35.4 Å². The summed E-state index contributed by atoms with van der Waals surface area (Å²) >= 11 is 1.27. The molecule has 35 heavy (non-hydrogen) atoms. The molecule has 12 heteroatoms. The molecule has 4 rings (SSSR count). The lowest BCUT2D eigenvalue weighted by Crippen LogP contribution is -2.55. The van der Waals surface area contributed by atoms with E-state index in [1.54, 1.807) is 18.4 Å². The van der Waals surface area contributed by atoms with E-state index in [0.717, 1.165) is 22.1 Å². The number of carbonyl (C=O) groups is 3. The number of thioether (sulfide) groups is 1. The summed E-state index contributed by atoms with van der Waals surface area (Å²) in [5, 5.41) is 11.6. The Labute approximate surface area is 202 Å². The molecular weight excluding hydrogens is 483 g/mol. The maximum Gasteiger partial charge on any atom is 0.416 e. The van der Waals surface area contributed by atoms with Gasteiger partial charge in [-0.2, -0.15) is 18.4 Å². The van der Waals surface area contributed by atoms with Gasteiger partial charge >= 0.3 is 18.2 Å². The summed E-state index contributed by atoms with van der Waals surface area (Å²) in [5.41, 5.74) is 0.120. The summed E-state index contributed by atoms with van der Waals surface area (Å²) in [6.45, 7) is 0. The molecule has 1 aliphatic carbocycles. The molecule has 0 spiro atoms. The van der Waals surface area contributed by atoms with Crippen molar-refractivity contribution in [2.24, 2.45) is 0 Å². The lowest BCUT2D eigenvalue weighted by molar-refractivity contribution is -0.137. The van der Waals surface area contributed by atoms with Crippen LogP contribution in [0.1, 0.15) is 35.6 Å². The van der Waals surface area contributed by atoms with Crippen molar-refractivity contribution in [1.29, 1.82) is 5.26 Å². The average molecular weight is 501 g/mol. The number of anilines is 1. The van der Waals surface area contributed by atoms with Crippen LogP contribution in [0, 0.1) is 11.3 Å². The van der Waals surface area contributed by atoms with E-state index in [0.29, 0.717) is 22.1 Å². The van der Waals surface area contributed by atoms with Crippen LogP contribution < -0.4 is 10.2 Å². The number of Topliss-reactive ketones (excluding diaryl/α,β-unsaturated/α-hetero) is 1. The highest BCUT2D eigenvalue weighted by Gasteiger charge is 2.49. The van der Waals surface area contributed by atoms with Gasteiger partial charge in [0, 0.05) is 35.8 Å². The van der Waals surface area contributed by atoms with Gasteiger partial charge in [0.05, 0.1) is 23.2 Å². The van der Waals surface area contributed by atoms with E-state index in [1.807, 2.05) is 6.07 Å². The molecule has 2 aliphatic rings. The summed E-state index contributed by atoms with van der Waals surface area (Å²) in [5.74, 6) is -0.677. The molecule has 0 radical (unpaired) electrons. The van der Waals surface area contributed by atoms with Crippen LogP contribution in [0.25, 0.3) is 0 Å². The van der Waals surface area contributed by atoms with Gasteiger partial charge in [-0.1, -0.05) is 6.07 Å². The summed E-state index contributed by atoms with van der Waals surface area (Å²) < 4.78 is 40.1. The van der Waals surface area contributed by atoms with E-state index in [9.17, 15) is 32.8 Å². The highest BCUT2D eigenvalue weighted by atomic mass is 32.2.